The van der Waals surface area contributed by atoms with Crippen LogP contribution in [0.2, 0.25) is 5.02 Å². The van der Waals surface area contributed by atoms with Crippen molar-refractivity contribution in [2.24, 2.45) is 0 Å². The van der Waals surface area contributed by atoms with E-state index in [-0.39, 0.29) is 0 Å². The molecular formula is C12H13ClIN3. The first-order valence-electron chi connectivity index (χ1n) is 5.39. The number of nitrogens with one attached hydrogen (secondary N) is 1. The van der Waals surface area contributed by atoms with E-state index in [1.54, 1.807) is 0 Å². The molecule has 0 aliphatic carbocycles. The average molecular weight is 362 g/mol. The van der Waals surface area contributed by atoms with Crippen LogP contribution < -0.4 is 5.32 Å². The molecule has 1 aromatic carbocycles. The molecular weight excluding hydrogens is 349 g/mol. The highest BCUT2D eigenvalue weighted by Gasteiger charge is 2.02. The molecule has 5 heteroatoms. The van der Waals surface area contributed by atoms with Crippen LogP contribution in [0.15, 0.2) is 30.6 Å². The summed E-state index contributed by atoms with van der Waals surface area (Å²) in [5.41, 5.74) is 2.11. The Bertz CT molecular complexity index is 510. The van der Waals surface area contributed by atoms with Crippen molar-refractivity contribution in [1.82, 2.24) is 9.78 Å². The minimum absolute atomic E-state index is 0.736. The van der Waals surface area contributed by atoms with Gasteiger partial charge in [-0.3, -0.25) is 4.68 Å². The van der Waals surface area contributed by atoms with Crippen LogP contribution in [-0.2, 0) is 13.1 Å². The molecule has 17 heavy (non-hydrogen) atoms. The molecule has 0 saturated heterocycles. The van der Waals surface area contributed by atoms with Crippen LogP contribution in [0.1, 0.15) is 12.5 Å². The van der Waals surface area contributed by atoms with Crippen molar-refractivity contribution >= 4 is 39.9 Å². The largest absolute Gasteiger partial charge is 0.380 e. The smallest absolute Gasteiger partial charge is 0.0648 e. The van der Waals surface area contributed by atoms with E-state index in [0.717, 1.165) is 32.9 Å². The molecule has 2 rings (SSSR count). The number of anilines is 1. The van der Waals surface area contributed by atoms with Gasteiger partial charge in [0.05, 0.1) is 16.9 Å². The van der Waals surface area contributed by atoms with Crippen molar-refractivity contribution < 1.29 is 0 Å². The van der Waals surface area contributed by atoms with E-state index in [1.165, 1.54) is 0 Å². The number of benzene rings is 1. The lowest BCUT2D eigenvalue weighted by Gasteiger charge is -2.07. The summed E-state index contributed by atoms with van der Waals surface area (Å²) in [6.45, 7) is 3.70. The monoisotopic (exact) mass is 361 g/mol. The highest BCUT2D eigenvalue weighted by Crippen LogP contribution is 2.24. The van der Waals surface area contributed by atoms with Gasteiger partial charge in [-0.05, 0) is 47.7 Å². The summed E-state index contributed by atoms with van der Waals surface area (Å²) in [6, 6.07) is 5.97. The third-order valence-electron chi connectivity index (χ3n) is 2.42. The molecule has 2 aromatic rings. The number of rotatable bonds is 4. The molecule has 0 aliphatic rings. The van der Waals surface area contributed by atoms with E-state index in [2.05, 4.69) is 39.9 Å². The van der Waals surface area contributed by atoms with Gasteiger partial charge in [0, 0.05) is 28.4 Å². The van der Waals surface area contributed by atoms with E-state index in [4.69, 9.17) is 11.6 Å². The average Bonchev–Trinajstić information content (AvgIpc) is 2.76. The summed E-state index contributed by atoms with van der Waals surface area (Å²) in [5, 5.41) is 8.28. The number of hydrogen-bond donors (Lipinski definition) is 1. The molecule has 1 N–H and O–H groups in total. The Morgan fingerprint density at radius 2 is 2.29 bits per heavy atom. The standard InChI is InChI=1S/C12H13ClIN3/c1-2-17-8-9(7-16-17)6-15-12-4-3-10(14)5-11(12)13/h3-5,7-8,15H,2,6H2,1H3. The Balaban J connectivity index is 2.02. The summed E-state index contributed by atoms with van der Waals surface area (Å²) in [6.07, 6.45) is 3.91. The summed E-state index contributed by atoms with van der Waals surface area (Å²) >= 11 is 8.38. The topological polar surface area (TPSA) is 29.9 Å². The van der Waals surface area contributed by atoms with Crippen LogP contribution in [0.3, 0.4) is 0 Å². The van der Waals surface area contributed by atoms with E-state index in [0.29, 0.717) is 0 Å². The van der Waals surface area contributed by atoms with Gasteiger partial charge in [-0.1, -0.05) is 11.6 Å². The van der Waals surface area contributed by atoms with E-state index in [9.17, 15) is 0 Å². The van der Waals surface area contributed by atoms with Crippen molar-refractivity contribution in [3.05, 3.63) is 44.7 Å². The molecule has 0 radical (unpaired) electrons. The molecule has 0 fully saturated rings. The minimum atomic E-state index is 0.736. The predicted molar refractivity (Wildman–Crippen MR) is 79.4 cm³/mol. The van der Waals surface area contributed by atoms with Crippen molar-refractivity contribution in [3.8, 4) is 0 Å². The second-order valence-electron chi connectivity index (χ2n) is 3.68. The molecule has 90 valence electrons. The van der Waals surface area contributed by atoms with Gasteiger partial charge < -0.3 is 5.32 Å². The minimum Gasteiger partial charge on any atom is -0.380 e. The van der Waals surface area contributed by atoms with Gasteiger partial charge in [-0.25, -0.2) is 0 Å². The molecule has 0 bridgehead atoms. The third-order valence-corrected chi connectivity index (χ3v) is 3.41. The molecule has 0 saturated carbocycles. The van der Waals surface area contributed by atoms with Crippen molar-refractivity contribution in [3.63, 3.8) is 0 Å². The molecule has 1 heterocycles. The first-order chi connectivity index (χ1) is 8.19. The van der Waals surface area contributed by atoms with Gasteiger partial charge in [0.15, 0.2) is 0 Å². The van der Waals surface area contributed by atoms with Crippen molar-refractivity contribution in [2.75, 3.05) is 5.32 Å². The Morgan fingerprint density at radius 3 is 2.94 bits per heavy atom. The number of aryl methyl sites for hydroxylation is 1. The first kappa shape index (κ1) is 12.7. The van der Waals surface area contributed by atoms with E-state index in [1.807, 2.05) is 35.3 Å². The fraction of sp³-hybridized carbons (Fsp3) is 0.250. The lowest BCUT2D eigenvalue weighted by Crippen LogP contribution is -1.99. The van der Waals surface area contributed by atoms with Gasteiger partial charge in [-0.2, -0.15) is 5.10 Å². The molecule has 0 amide bonds. The van der Waals surface area contributed by atoms with Crippen LogP contribution in [0.4, 0.5) is 5.69 Å². The van der Waals surface area contributed by atoms with Gasteiger partial charge in [0.25, 0.3) is 0 Å². The number of hydrogen-bond acceptors (Lipinski definition) is 2. The summed E-state index contributed by atoms with van der Waals surface area (Å²) in [4.78, 5) is 0. The first-order valence-corrected chi connectivity index (χ1v) is 6.85. The van der Waals surface area contributed by atoms with Crippen molar-refractivity contribution in [2.45, 2.75) is 20.0 Å². The predicted octanol–water partition coefficient (Wildman–Crippen LogP) is 3.77. The molecule has 0 spiro atoms. The molecule has 0 atom stereocenters. The Kier molecular flexibility index (Phi) is 4.28. The molecule has 0 aliphatic heterocycles. The molecule has 1 aromatic heterocycles. The van der Waals surface area contributed by atoms with Crippen LogP contribution >= 0.6 is 34.2 Å². The molecule has 3 nitrogen and oxygen atoms in total. The maximum Gasteiger partial charge on any atom is 0.0648 e. The van der Waals surface area contributed by atoms with Gasteiger partial charge in [0.2, 0.25) is 0 Å². The Labute approximate surface area is 119 Å². The number of nitrogens with zero attached hydrogens (tertiary/aromatic N) is 2. The zero-order valence-electron chi connectivity index (χ0n) is 9.45. The second-order valence-corrected chi connectivity index (χ2v) is 5.33. The van der Waals surface area contributed by atoms with E-state index < -0.39 is 0 Å². The van der Waals surface area contributed by atoms with Crippen molar-refractivity contribution in [1.29, 1.82) is 0 Å². The highest BCUT2D eigenvalue weighted by atomic mass is 127. The van der Waals surface area contributed by atoms with Crippen LogP contribution in [0.5, 0.6) is 0 Å². The quantitative estimate of drug-likeness (QED) is 0.840. The van der Waals surface area contributed by atoms with Gasteiger partial charge >= 0.3 is 0 Å². The zero-order valence-corrected chi connectivity index (χ0v) is 12.4. The van der Waals surface area contributed by atoms with Gasteiger partial charge in [0.1, 0.15) is 0 Å². The van der Waals surface area contributed by atoms with Crippen LogP contribution in [0.25, 0.3) is 0 Å². The molecule has 0 unspecified atom stereocenters. The Hall–Kier alpha value is -0.750. The fourth-order valence-corrected chi connectivity index (χ4v) is 2.42. The van der Waals surface area contributed by atoms with Gasteiger partial charge in [-0.15, -0.1) is 0 Å². The summed E-state index contributed by atoms with van der Waals surface area (Å²) in [7, 11) is 0. The van der Waals surface area contributed by atoms with Crippen LogP contribution in [0, 0.1) is 3.57 Å². The summed E-state index contributed by atoms with van der Waals surface area (Å²) in [5.74, 6) is 0. The number of aromatic nitrogens is 2. The second kappa shape index (κ2) is 5.73. The third kappa shape index (κ3) is 3.35. The fourth-order valence-electron chi connectivity index (χ4n) is 1.50. The lowest BCUT2D eigenvalue weighted by molar-refractivity contribution is 0.659. The lowest BCUT2D eigenvalue weighted by atomic mass is 10.3. The maximum absolute atomic E-state index is 6.14. The highest BCUT2D eigenvalue weighted by molar-refractivity contribution is 14.1. The maximum atomic E-state index is 6.14. The normalized spacial score (nSPS) is 10.5. The summed E-state index contributed by atoms with van der Waals surface area (Å²) < 4.78 is 3.05. The number of halogens is 2. The van der Waals surface area contributed by atoms with Crippen LogP contribution in [-0.4, -0.2) is 9.78 Å². The zero-order chi connectivity index (χ0) is 12.3. The Morgan fingerprint density at radius 1 is 1.47 bits per heavy atom. The SMILES string of the molecule is CCn1cc(CNc2ccc(I)cc2Cl)cn1. The van der Waals surface area contributed by atoms with E-state index >= 15 is 0 Å².